The number of nitrogens with zero attached hydrogens (tertiary/aromatic N) is 2. The highest BCUT2D eigenvalue weighted by Gasteiger charge is 2.30. The third kappa shape index (κ3) is 5.33. The van der Waals surface area contributed by atoms with Crippen LogP contribution in [-0.2, 0) is 6.42 Å². The Kier molecular flexibility index (Phi) is 7.80. The molecule has 1 unspecified atom stereocenters. The van der Waals surface area contributed by atoms with Crippen LogP contribution in [0.4, 0.5) is 0 Å². The van der Waals surface area contributed by atoms with Crippen LogP contribution >= 0.6 is 22.7 Å². The van der Waals surface area contributed by atoms with Crippen LogP contribution in [0.1, 0.15) is 24.1 Å². The van der Waals surface area contributed by atoms with Gasteiger partial charge in [-0.2, -0.15) is 0 Å². The summed E-state index contributed by atoms with van der Waals surface area (Å²) in [7, 11) is 0. The van der Waals surface area contributed by atoms with Crippen molar-refractivity contribution >= 4 is 90.2 Å². The molecule has 4 aromatic heterocycles. The first-order valence-corrected chi connectivity index (χ1v) is 23.8. The van der Waals surface area contributed by atoms with E-state index in [2.05, 4.69) is 205 Å². The summed E-state index contributed by atoms with van der Waals surface area (Å²) in [6, 6.07) is 72.2. The van der Waals surface area contributed by atoms with E-state index in [0.29, 0.717) is 5.92 Å². The van der Waals surface area contributed by atoms with Gasteiger partial charge in [0, 0.05) is 47.1 Å². The summed E-state index contributed by atoms with van der Waals surface area (Å²) < 4.78 is 7.75. The number of rotatable bonds is 4. The first-order valence-electron chi connectivity index (χ1n) is 22.2. The second-order valence-electron chi connectivity index (χ2n) is 17.5. The number of fused-ring (bicyclic) bond motifs is 15. The number of pyridine rings is 1. The smallest absolute Gasteiger partial charge is 0.156 e. The Labute approximate surface area is 378 Å². The van der Waals surface area contributed by atoms with Gasteiger partial charge in [0.05, 0.1) is 21.8 Å². The molecule has 0 radical (unpaired) electrons. The number of benzene rings is 9. The van der Waals surface area contributed by atoms with Crippen LogP contribution in [0.3, 0.4) is 0 Å². The van der Waals surface area contributed by atoms with Crippen molar-refractivity contribution in [2.24, 2.45) is 0 Å². The molecule has 0 N–H and O–H groups in total. The van der Waals surface area contributed by atoms with E-state index >= 15 is 0 Å². The molecule has 14 rings (SSSR count). The van der Waals surface area contributed by atoms with Crippen molar-refractivity contribution in [1.82, 2.24) is 9.38 Å². The number of imidazole rings is 1. The lowest BCUT2D eigenvalue weighted by atomic mass is 9.85. The SMILES string of the molecule is CC1Cc2ccccc2-c2nc3c4sc5c6ccccc6ccc5c4cc(-c4ccc(-c5ccc(-c6ccc(-c7ccc8c(c7)sc7ccccc78)cc6)c6ccccc56)cc4)n3c21. The van der Waals surface area contributed by atoms with E-state index in [0.717, 1.165) is 17.8 Å². The first-order chi connectivity index (χ1) is 31.6. The van der Waals surface area contributed by atoms with E-state index in [1.165, 1.54) is 123 Å². The van der Waals surface area contributed by atoms with Gasteiger partial charge in [-0.3, -0.25) is 4.40 Å². The molecule has 2 nitrogen and oxygen atoms in total. The number of aromatic nitrogens is 2. The van der Waals surface area contributed by atoms with E-state index in [-0.39, 0.29) is 0 Å². The van der Waals surface area contributed by atoms with Gasteiger partial charge in [0.1, 0.15) is 0 Å². The topological polar surface area (TPSA) is 17.3 Å². The third-order valence-electron chi connectivity index (χ3n) is 13.8. The summed E-state index contributed by atoms with van der Waals surface area (Å²) in [6.07, 6.45) is 1.00. The quantitative estimate of drug-likeness (QED) is 0.172. The van der Waals surface area contributed by atoms with Crippen molar-refractivity contribution in [1.29, 1.82) is 0 Å². The highest BCUT2D eigenvalue weighted by Crippen LogP contribution is 2.47. The van der Waals surface area contributed by atoms with Crippen LogP contribution in [0.5, 0.6) is 0 Å². The van der Waals surface area contributed by atoms with Crippen LogP contribution in [0.25, 0.3) is 123 Å². The Morgan fingerprint density at radius 1 is 0.438 bits per heavy atom. The molecule has 0 bridgehead atoms. The van der Waals surface area contributed by atoms with Crippen molar-refractivity contribution in [3.05, 3.63) is 205 Å². The molecule has 1 atom stereocenters. The maximum atomic E-state index is 5.58. The molecule has 0 saturated heterocycles. The van der Waals surface area contributed by atoms with E-state index < -0.39 is 0 Å². The molecular weight excluding hydrogens is 813 g/mol. The van der Waals surface area contributed by atoms with Crippen molar-refractivity contribution in [3.8, 4) is 55.9 Å². The molecule has 13 aromatic rings. The fraction of sp³-hybridized carbons (Fsp3) is 0.0500. The predicted octanol–water partition coefficient (Wildman–Crippen LogP) is 17.4. The van der Waals surface area contributed by atoms with Crippen molar-refractivity contribution in [2.75, 3.05) is 0 Å². The molecule has 1 aliphatic carbocycles. The van der Waals surface area contributed by atoms with Crippen LogP contribution in [0.15, 0.2) is 194 Å². The second-order valence-corrected chi connectivity index (χ2v) is 19.6. The highest BCUT2D eigenvalue weighted by molar-refractivity contribution is 7.27. The van der Waals surface area contributed by atoms with E-state index in [9.17, 15) is 0 Å². The summed E-state index contributed by atoms with van der Waals surface area (Å²) in [6.45, 7) is 2.37. The molecule has 1 aliphatic rings. The van der Waals surface area contributed by atoms with Gasteiger partial charge in [-0.05, 0) is 90.7 Å². The van der Waals surface area contributed by atoms with E-state index in [1.54, 1.807) is 0 Å². The van der Waals surface area contributed by atoms with Gasteiger partial charge in [0.2, 0.25) is 0 Å². The maximum Gasteiger partial charge on any atom is 0.156 e. The molecule has 0 spiro atoms. The number of thiophene rings is 2. The zero-order chi connectivity index (χ0) is 42.0. The highest BCUT2D eigenvalue weighted by atomic mass is 32.1. The molecule has 0 saturated carbocycles. The monoisotopic (exact) mass is 850 g/mol. The predicted molar refractivity (Wildman–Crippen MR) is 275 cm³/mol. The molecule has 64 heavy (non-hydrogen) atoms. The lowest BCUT2D eigenvalue weighted by Gasteiger charge is -2.23. The minimum absolute atomic E-state index is 0.322. The molecule has 4 heterocycles. The molecular formula is C60H38N2S2. The van der Waals surface area contributed by atoms with Crippen molar-refractivity contribution < 1.29 is 0 Å². The normalized spacial score (nSPS) is 13.8. The average Bonchev–Trinajstić information content (AvgIpc) is 4.06. The molecule has 300 valence electrons. The van der Waals surface area contributed by atoms with Gasteiger partial charge >= 0.3 is 0 Å². The number of hydrogen-bond acceptors (Lipinski definition) is 3. The summed E-state index contributed by atoms with van der Waals surface area (Å²) in [4.78, 5) is 5.58. The third-order valence-corrected chi connectivity index (χ3v) is 16.2. The van der Waals surface area contributed by atoms with Crippen LogP contribution in [0.2, 0.25) is 0 Å². The zero-order valence-corrected chi connectivity index (χ0v) is 36.6. The van der Waals surface area contributed by atoms with Crippen molar-refractivity contribution in [2.45, 2.75) is 19.3 Å². The van der Waals surface area contributed by atoms with E-state index in [4.69, 9.17) is 4.98 Å². The van der Waals surface area contributed by atoms with Crippen molar-refractivity contribution in [3.63, 3.8) is 0 Å². The van der Waals surface area contributed by atoms with E-state index in [1.807, 2.05) is 22.7 Å². The van der Waals surface area contributed by atoms with Gasteiger partial charge in [-0.25, -0.2) is 4.98 Å². The number of hydrogen-bond donors (Lipinski definition) is 0. The van der Waals surface area contributed by atoms with Crippen LogP contribution < -0.4 is 0 Å². The standard InChI is InChI=1S/C60H38N2S2/c1-35-32-42-11-3-4-12-45(42)56-57(35)62-53(34-52-51-29-26-37-10-2-5-13-46(37)58(51)64-59(52)60(62)61-56)40-24-22-39(23-25-40)44-31-30-43(47-14-6-7-15-48(44)47)38-20-18-36(19-21-38)41-27-28-50-49-16-8-9-17-54(49)63-55(50)33-41/h2-31,33-35H,32H2,1H3. The van der Waals surface area contributed by atoms with Gasteiger partial charge < -0.3 is 0 Å². The van der Waals surface area contributed by atoms with Gasteiger partial charge in [0.15, 0.2) is 5.65 Å². The fourth-order valence-electron chi connectivity index (χ4n) is 10.8. The van der Waals surface area contributed by atoms with Gasteiger partial charge in [-0.1, -0.05) is 183 Å². The maximum absolute atomic E-state index is 5.58. The fourth-order valence-corrected chi connectivity index (χ4v) is 13.2. The average molecular weight is 851 g/mol. The molecule has 9 aromatic carbocycles. The lowest BCUT2D eigenvalue weighted by Crippen LogP contribution is -2.11. The lowest BCUT2D eigenvalue weighted by molar-refractivity contribution is 0.715. The minimum Gasteiger partial charge on any atom is -0.295 e. The second kappa shape index (κ2) is 13.8. The Balaban J connectivity index is 0.873. The summed E-state index contributed by atoms with van der Waals surface area (Å²) in [5.41, 5.74) is 15.9. The summed E-state index contributed by atoms with van der Waals surface area (Å²) in [5.74, 6) is 0.322. The Bertz CT molecular complexity index is 4050. The molecule has 0 amide bonds. The minimum atomic E-state index is 0.322. The first kappa shape index (κ1) is 36.1. The molecule has 0 aliphatic heterocycles. The van der Waals surface area contributed by atoms with Gasteiger partial charge in [0.25, 0.3) is 0 Å². The Hall–Kier alpha value is -7.37. The molecule has 0 fully saturated rings. The summed E-state index contributed by atoms with van der Waals surface area (Å²) >= 11 is 3.76. The van der Waals surface area contributed by atoms with Gasteiger partial charge in [-0.15, -0.1) is 22.7 Å². The van der Waals surface area contributed by atoms with Crippen LogP contribution in [0, 0.1) is 0 Å². The zero-order valence-electron chi connectivity index (χ0n) is 35.0. The molecule has 4 heteroatoms. The van der Waals surface area contributed by atoms with Crippen LogP contribution in [-0.4, -0.2) is 9.38 Å². The Morgan fingerprint density at radius 3 is 1.83 bits per heavy atom. The Morgan fingerprint density at radius 2 is 1.05 bits per heavy atom. The largest absolute Gasteiger partial charge is 0.295 e. The summed E-state index contributed by atoms with van der Waals surface area (Å²) in [5, 5.41) is 10.3.